The van der Waals surface area contributed by atoms with E-state index in [-0.39, 0.29) is 0 Å². The fraction of sp³-hybridized carbons (Fsp3) is 1.00. The van der Waals surface area contributed by atoms with Crippen LogP contribution < -0.4 is 5.32 Å². The van der Waals surface area contributed by atoms with Gasteiger partial charge in [0.2, 0.25) is 0 Å². The zero-order valence-electron chi connectivity index (χ0n) is 13.9. The first kappa shape index (κ1) is 18.0. The molecule has 1 fully saturated rings. The number of aliphatic hydroxyl groups is 1. The van der Waals surface area contributed by atoms with Gasteiger partial charge in [0.1, 0.15) is 0 Å². The van der Waals surface area contributed by atoms with Crippen LogP contribution in [0.1, 0.15) is 97.3 Å². The van der Waals surface area contributed by atoms with Crippen LogP contribution >= 0.6 is 0 Å². The molecule has 0 aromatic rings. The van der Waals surface area contributed by atoms with Gasteiger partial charge in [-0.1, -0.05) is 71.1 Å². The van der Waals surface area contributed by atoms with Crippen LogP contribution in [0, 0.1) is 0 Å². The van der Waals surface area contributed by atoms with Gasteiger partial charge >= 0.3 is 0 Å². The van der Waals surface area contributed by atoms with Gasteiger partial charge in [-0.05, 0) is 26.2 Å². The third kappa shape index (κ3) is 10.7. The van der Waals surface area contributed by atoms with Crippen LogP contribution in [0.2, 0.25) is 0 Å². The summed E-state index contributed by atoms with van der Waals surface area (Å²) >= 11 is 0. The average molecular weight is 284 g/mol. The largest absolute Gasteiger partial charge is 0.389 e. The maximum absolute atomic E-state index is 10.3. The van der Waals surface area contributed by atoms with Gasteiger partial charge < -0.3 is 10.4 Å². The molecule has 0 heterocycles. The van der Waals surface area contributed by atoms with E-state index in [0.29, 0.717) is 6.04 Å². The lowest BCUT2D eigenvalue weighted by Gasteiger charge is -2.23. The number of nitrogens with one attached hydrogen (secondary N) is 1. The first-order chi connectivity index (χ1) is 9.64. The molecule has 120 valence electrons. The van der Waals surface area contributed by atoms with E-state index in [0.717, 1.165) is 13.0 Å². The number of unbranched alkanes of at least 4 members (excludes halogenated alkanes) is 9. The molecule has 1 rings (SSSR count). The maximum atomic E-state index is 10.3. The fourth-order valence-electron chi connectivity index (χ4n) is 2.73. The summed E-state index contributed by atoms with van der Waals surface area (Å²) in [6, 6.07) is 0.703. The lowest BCUT2D eigenvalue weighted by Crippen LogP contribution is -2.38. The predicted molar refractivity (Wildman–Crippen MR) is 88.1 cm³/mol. The SMILES string of the molecule is CCCCCCCCCCCCC(C)(O)CNC1CC1. The first-order valence-corrected chi connectivity index (χ1v) is 9.10. The Bertz CT molecular complexity index is 223. The van der Waals surface area contributed by atoms with E-state index in [2.05, 4.69) is 12.2 Å². The van der Waals surface area contributed by atoms with Crippen molar-refractivity contribution in [3.63, 3.8) is 0 Å². The minimum absolute atomic E-state index is 0.497. The Morgan fingerprint density at radius 1 is 0.900 bits per heavy atom. The smallest absolute Gasteiger partial charge is 0.0743 e. The summed E-state index contributed by atoms with van der Waals surface area (Å²) in [5.74, 6) is 0. The molecule has 0 bridgehead atoms. The molecule has 1 unspecified atom stereocenters. The molecule has 1 saturated carbocycles. The van der Waals surface area contributed by atoms with Crippen molar-refractivity contribution >= 4 is 0 Å². The molecular weight excluding hydrogens is 246 g/mol. The van der Waals surface area contributed by atoms with Crippen LogP contribution in [0.5, 0.6) is 0 Å². The van der Waals surface area contributed by atoms with Crippen LogP contribution in [0.4, 0.5) is 0 Å². The van der Waals surface area contributed by atoms with Crippen molar-refractivity contribution < 1.29 is 5.11 Å². The Morgan fingerprint density at radius 2 is 1.40 bits per heavy atom. The molecule has 0 saturated heterocycles. The van der Waals surface area contributed by atoms with Crippen LogP contribution in [-0.4, -0.2) is 23.3 Å². The van der Waals surface area contributed by atoms with E-state index < -0.39 is 5.60 Å². The minimum atomic E-state index is -0.497. The third-order valence-electron chi connectivity index (χ3n) is 4.42. The normalized spacial score (nSPS) is 18.1. The summed E-state index contributed by atoms with van der Waals surface area (Å²) < 4.78 is 0. The van der Waals surface area contributed by atoms with Gasteiger partial charge in [0.25, 0.3) is 0 Å². The van der Waals surface area contributed by atoms with Crippen molar-refractivity contribution in [3.05, 3.63) is 0 Å². The van der Waals surface area contributed by atoms with Crippen molar-refractivity contribution in [1.82, 2.24) is 5.32 Å². The second-order valence-corrected chi connectivity index (χ2v) is 7.08. The molecule has 0 aliphatic heterocycles. The summed E-state index contributed by atoms with van der Waals surface area (Å²) in [7, 11) is 0. The lowest BCUT2D eigenvalue weighted by molar-refractivity contribution is 0.0477. The van der Waals surface area contributed by atoms with Gasteiger partial charge in [-0.3, -0.25) is 0 Å². The second kappa shape index (κ2) is 10.6. The molecule has 0 radical (unpaired) electrons. The van der Waals surface area contributed by atoms with E-state index in [4.69, 9.17) is 0 Å². The summed E-state index contributed by atoms with van der Waals surface area (Å²) in [6.45, 7) is 5.03. The van der Waals surface area contributed by atoms with Crippen LogP contribution in [0.15, 0.2) is 0 Å². The molecule has 1 atom stereocenters. The highest BCUT2D eigenvalue weighted by atomic mass is 16.3. The van der Waals surface area contributed by atoms with Crippen molar-refractivity contribution in [1.29, 1.82) is 0 Å². The van der Waals surface area contributed by atoms with Crippen molar-refractivity contribution in [2.75, 3.05) is 6.54 Å². The van der Waals surface area contributed by atoms with Gasteiger partial charge in [-0.25, -0.2) is 0 Å². The van der Waals surface area contributed by atoms with Gasteiger partial charge in [-0.15, -0.1) is 0 Å². The maximum Gasteiger partial charge on any atom is 0.0743 e. The molecule has 1 aliphatic rings. The molecule has 2 N–H and O–H groups in total. The van der Waals surface area contributed by atoms with Gasteiger partial charge in [0.05, 0.1) is 5.60 Å². The molecule has 0 aromatic carbocycles. The van der Waals surface area contributed by atoms with E-state index in [9.17, 15) is 5.11 Å². The Morgan fingerprint density at radius 3 is 1.90 bits per heavy atom. The molecular formula is C18H37NO. The zero-order valence-corrected chi connectivity index (χ0v) is 13.9. The summed E-state index contributed by atoms with van der Waals surface area (Å²) in [5.41, 5.74) is -0.497. The number of rotatable bonds is 14. The summed E-state index contributed by atoms with van der Waals surface area (Å²) in [6.07, 6.45) is 17.2. The molecule has 20 heavy (non-hydrogen) atoms. The minimum Gasteiger partial charge on any atom is -0.389 e. The van der Waals surface area contributed by atoms with Crippen molar-refractivity contribution in [2.45, 2.75) is 109 Å². The molecule has 0 aromatic heterocycles. The van der Waals surface area contributed by atoms with E-state index in [1.807, 2.05) is 6.92 Å². The third-order valence-corrected chi connectivity index (χ3v) is 4.42. The lowest BCUT2D eigenvalue weighted by atomic mass is 9.97. The van der Waals surface area contributed by atoms with Crippen molar-refractivity contribution in [3.8, 4) is 0 Å². The first-order valence-electron chi connectivity index (χ1n) is 9.10. The number of hydrogen-bond acceptors (Lipinski definition) is 2. The molecule has 0 amide bonds. The van der Waals surface area contributed by atoms with Gasteiger partial charge in [0.15, 0.2) is 0 Å². The Balaban J connectivity index is 1.80. The molecule has 0 spiro atoms. The topological polar surface area (TPSA) is 32.3 Å². The number of hydrogen-bond donors (Lipinski definition) is 2. The van der Waals surface area contributed by atoms with Gasteiger partial charge in [0, 0.05) is 12.6 Å². The predicted octanol–water partition coefficient (Wildman–Crippen LogP) is 4.80. The summed E-state index contributed by atoms with van der Waals surface area (Å²) in [4.78, 5) is 0. The Labute approximate surface area is 126 Å². The summed E-state index contributed by atoms with van der Waals surface area (Å²) in [5, 5.41) is 13.7. The molecule has 2 heteroatoms. The van der Waals surface area contributed by atoms with Crippen LogP contribution in [0.25, 0.3) is 0 Å². The molecule has 2 nitrogen and oxygen atoms in total. The standard InChI is InChI=1S/C18H37NO/c1-3-4-5-6-7-8-9-10-11-12-15-18(2,20)16-19-17-13-14-17/h17,19-20H,3-16H2,1-2H3. The highest BCUT2D eigenvalue weighted by molar-refractivity contribution is 4.85. The highest BCUT2D eigenvalue weighted by Crippen LogP contribution is 2.21. The molecule has 1 aliphatic carbocycles. The quantitative estimate of drug-likeness (QED) is 0.449. The van der Waals surface area contributed by atoms with E-state index in [1.165, 1.54) is 77.0 Å². The van der Waals surface area contributed by atoms with Crippen LogP contribution in [0.3, 0.4) is 0 Å². The van der Waals surface area contributed by atoms with E-state index in [1.54, 1.807) is 0 Å². The fourth-order valence-corrected chi connectivity index (χ4v) is 2.73. The van der Waals surface area contributed by atoms with Crippen molar-refractivity contribution in [2.24, 2.45) is 0 Å². The average Bonchev–Trinajstić information content (AvgIpc) is 3.23. The second-order valence-electron chi connectivity index (χ2n) is 7.08. The zero-order chi connectivity index (χ0) is 14.7. The Kier molecular flexibility index (Phi) is 9.54. The van der Waals surface area contributed by atoms with E-state index >= 15 is 0 Å². The monoisotopic (exact) mass is 283 g/mol. The van der Waals surface area contributed by atoms with Crippen LogP contribution in [-0.2, 0) is 0 Å². The Hall–Kier alpha value is -0.0800. The highest BCUT2D eigenvalue weighted by Gasteiger charge is 2.25. The van der Waals surface area contributed by atoms with Gasteiger partial charge in [-0.2, -0.15) is 0 Å².